The summed E-state index contributed by atoms with van der Waals surface area (Å²) in [7, 11) is 0. The lowest BCUT2D eigenvalue weighted by Gasteiger charge is -2.18. The van der Waals surface area contributed by atoms with E-state index in [1.807, 2.05) is 6.07 Å². The second-order valence-corrected chi connectivity index (χ2v) is 3.73. The maximum absolute atomic E-state index is 10.6. The highest BCUT2D eigenvalue weighted by Crippen LogP contribution is 2.34. The molecule has 2 nitrogen and oxygen atoms in total. The summed E-state index contributed by atoms with van der Waals surface area (Å²) in [6, 6.07) is 8.71. The number of alkyl halides is 2. The number of hydrogen-bond acceptors (Lipinski definition) is 2. The average Bonchev–Trinajstić information content (AvgIpc) is 2.04. The molecule has 0 aliphatic rings. The SMILES string of the molecule is CC(=O)OC(Cl)(Cl)c1ccccc1. The summed E-state index contributed by atoms with van der Waals surface area (Å²) < 4.78 is 3.13. The van der Waals surface area contributed by atoms with E-state index in [2.05, 4.69) is 0 Å². The van der Waals surface area contributed by atoms with Crippen LogP contribution in [0.15, 0.2) is 30.3 Å². The second-order valence-electron chi connectivity index (χ2n) is 2.48. The van der Waals surface area contributed by atoms with Crippen molar-refractivity contribution < 1.29 is 9.53 Å². The molecule has 4 heteroatoms. The molecule has 1 aromatic rings. The van der Waals surface area contributed by atoms with Gasteiger partial charge in [0.25, 0.3) is 4.52 Å². The monoisotopic (exact) mass is 218 g/mol. The number of esters is 1. The molecular formula is C9H8Cl2O2. The standard InChI is InChI=1S/C9H8Cl2O2/c1-7(12)13-9(10,11)8-5-3-2-4-6-8/h2-6H,1H3. The zero-order chi connectivity index (χ0) is 9.90. The van der Waals surface area contributed by atoms with E-state index in [4.69, 9.17) is 27.9 Å². The molecule has 0 heterocycles. The summed E-state index contributed by atoms with van der Waals surface area (Å²) in [5.41, 5.74) is 0.536. The van der Waals surface area contributed by atoms with Gasteiger partial charge < -0.3 is 4.74 Å². The topological polar surface area (TPSA) is 26.3 Å². The van der Waals surface area contributed by atoms with Crippen molar-refractivity contribution in [1.29, 1.82) is 0 Å². The van der Waals surface area contributed by atoms with Crippen LogP contribution in [0.4, 0.5) is 0 Å². The van der Waals surface area contributed by atoms with E-state index in [1.54, 1.807) is 24.3 Å². The van der Waals surface area contributed by atoms with Gasteiger partial charge in [-0.25, -0.2) is 0 Å². The maximum atomic E-state index is 10.6. The predicted molar refractivity (Wildman–Crippen MR) is 51.6 cm³/mol. The van der Waals surface area contributed by atoms with Gasteiger partial charge in [0.05, 0.1) is 0 Å². The van der Waals surface area contributed by atoms with Crippen LogP contribution >= 0.6 is 23.2 Å². The number of benzene rings is 1. The molecule has 0 atom stereocenters. The quantitative estimate of drug-likeness (QED) is 0.564. The van der Waals surface area contributed by atoms with Crippen molar-refractivity contribution in [3.63, 3.8) is 0 Å². The van der Waals surface area contributed by atoms with E-state index >= 15 is 0 Å². The molecule has 13 heavy (non-hydrogen) atoms. The summed E-state index contributed by atoms with van der Waals surface area (Å²) in [4.78, 5) is 10.6. The minimum Gasteiger partial charge on any atom is -0.424 e. The first-order valence-corrected chi connectivity index (χ1v) is 4.41. The van der Waals surface area contributed by atoms with Crippen LogP contribution in [0.2, 0.25) is 0 Å². The Morgan fingerprint density at radius 3 is 2.31 bits per heavy atom. The summed E-state index contributed by atoms with van der Waals surface area (Å²) in [5.74, 6) is -0.520. The third kappa shape index (κ3) is 2.90. The summed E-state index contributed by atoms with van der Waals surface area (Å²) in [6.45, 7) is 1.25. The van der Waals surface area contributed by atoms with Gasteiger partial charge >= 0.3 is 5.97 Å². The molecule has 0 bridgehead atoms. The van der Waals surface area contributed by atoms with Crippen LogP contribution < -0.4 is 0 Å². The molecule has 0 aliphatic carbocycles. The number of ether oxygens (including phenoxy) is 1. The molecule has 1 aromatic carbocycles. The fraction of sp³-hybridized carbons (Fsp3) is 0.222. The van der Waals surface area contributed by atoms with Crippen molar-refractivity contribution >= 4 is 29.2 Å². The Balaban J connectivity index is 2.87. The lowest BCUT2D eigenvalue weighted by Crippen LogP contribution is -2.18. The van der Waals surface area contributed by atoms with E-state index < -0.39 is 10.5 Å². The number of rotatable bonds is 2. The summed E-state index contributed by atoms with van der Waals surface area (Å²) in [6.07, 6.45) is 0. The Morgan fingerprint density at radius 1 is 1.31 bits per heavy atom. The Labute approximate surface area is 86.4 Å². The molecule has 0 N–H and O–H groups in total. The summed E-state index contributed by atoms with van der Waals surface area (Å²) >= 11 is 11.6. The van der Waals surface area contributed by atoms with E-state index in [0.717, 1.165) is 0 Å². The third-order valence-electron chi connectivity index (χ3n) is 1.38. The minimum absolute atomic E-state index is 0.520. The fourth-order valence-corrected chi connectivity index (χ4v) is 1.34. The first kappa shape index (κ1) is 10.4. The smallest absolute Gasteiger partial charge is 0.305 e. The fourth-order valence-electron chi connectivity index (χ4n) is 0.872. The van der Waals surface area contributed by atoms with Crippen molar-refractivity contribution in [3.8, 4) is 0 Å². The van der Waals surface area contributed by atoms with Gasteiger partial charge in [-0.2, -0.15) is 0 Å². The molecule has 0 fully saturated rings. The Kier molecular flexibility index (Phi) is 3.17. The van der Waals surface area contributed by atoms with Crippen LogP contribution in [0, 0.1) is 0 Å². The van der Waals surface area contributed by atoms with Crippen LogP contribution in [-0.4, -0.2) is 5.97 Å². The van der Waals surface area contributed by atoms with Crippen molar-refractivity contribution in [2.45, 2.75) is 11.4 Å². The first-order valence-electron chi connectivity index (χ1n) is 3.65. The van der Waals surface area contributed by atoms with Gasteiger partial charge in [0.1, 0.15) is 0 Å². The molecular weight excluding hydrogens is 211 g/mol. The lowest BCUT2D eigenvalue weighted by molar-refractivity contribution is -0.145. The number of hydrogen-bond donors (Lipinski definition) is 0. The van der Waals surface area contributed by atoms with Gasteiger partial charge in [-0.15, -0.1) is 0 Å². The molecule has 1 rings (SSSR count). The predicted octanol–water partition coefficient (Wildman–Crippen LogP) is 2.84. The van der Waals surface area contributed by atoms with Crippen LogP contribution in [-0.2, 0) is 14.1 Å². The molecule has 70 valence electrons. The van der Waals surface area contributed by atoms with Crippen molar-refractivity contribution in [3.05, 3.63) is 35.9 Å². The molecule has 0 radical (unpaired) electrons. The summed E-state index contributed by atoms with van der Waals surface area (Å²) in [5, 5.41) is 0. The third-order valence-corrected chi connectivity index (χ3v) is 1.97. The van der Waals surface area contributed by atoms with Crippen LogP contribution in [0.3, 0.4) is 0 Å². The van der Waals surface area contributed by atoms with Gasteiger partial charge in [-0.05, 0) is 0 Å². The van der Waals surface area contributed by atoms with E-state index in [9.17, 15) is 4.79 Å². The van der Waals surface area contributed by atoms with Gasteiger partial charge in [0.2, 0.25) is 0 Å². The lowest BCUT2D eigenvalue weighted by atomic mass is 10.2. The Bertz CT molecular complexity index is 296. The highest BCUT2D eigenvalue weighted by Gasteiger charge is 2.29. The van der Waals surface area contributed by atoms with Crippen molar-refractivity contribution in [2.75, 3.05) is 0 Å². The number of halogens is 2. The first-order chi connectivity index (χ1) is 6.02. The molecule has 0 unspecified atom stereocenters. The van der Waals surface area contributed by atoms with Gasteiger partial charge in [-0.1, -0.05) is 53.5 Å². The maximum Gasteiger partial charge on any atom is 0.305 e. The normalized spacial score (nSPS) is 11.0. The van der Waals surface area contributed by atoms with E-state index in [-0.39, 0.29) is 0 Å². The van der Waals surface area contributed by atoms with E-state index in [1.165, 1.54) is 6.92 Å². The minimum atomic E-state index is -1.59. The Hall–Kier alpha value is -0.730. The van der Waals surface area contributed by atoms with Gasteiger partial charge in [0.15, 0.2) is 0 Å². The number of carbonyl (C=O) groups excluding carboxylic acids is 1. The van der Waals surface area contributed by atoms with Crippen LogP contribution in [0.5, 0.6) is 0 Å². The average molecular weight is 219 g/mol. The molecule has 0 spiro atoms. The molecule has 0 saturated heterocycles. The molecule has 0 aliphatic heterocycles. The zero-order valence-electron chi connectivity index (χ0n) is 6.96. The van der Waals surface area contributed by atoms with E-state index in [0.29, 0.717) is 5.56 Å². The zero-order valence-corrected chi connectivity index (χ0v) is 8.47. The van der Waals surface area contributed by atoms with Crippen LogP contribution in [0.1, 0.15) is 12.5 Å². The van der Waals surface area contributed by atoms with Crippen molar-refractivity contribution in [2.24, 2.45) is 0 Å². The molecule has 0 amide bonds. The largest absolute Gasteiger partial charge is 0.424 e. The molecule has 0 saturated carbocycles. The number of carbonyl (C=O) groups is 1. The van der Waals surface area contributed by atoms with Gasteiger partial charge in [0, 0.05) is 12.5 Å². The highest BCUT2D eigenvalue weighted by molar-refractivity contribution is 6.47. The second kappa shape index (κ2) is 3.99. The molecule has 0 aromatic heterocycles. The highest BCUT2D eigenvalue weighted by atomic mass is 35.5. The van der Waals surface area contributed by atoms with Crippen LogP contribution in [0.25, 0.3) is 0 Å². The van der Waals surface area contributed by atoms with Crippen molar-refractivity contribution in [1.82, 2.24) is 0 Å². The van der Waals surface area contributed by atoms with Gasteiger partial charge in [-0.3, -0.25) is 4.79 Å². The Morgan fingerprint density at radius 2 is 1.85 bits per heavy atom.